The van der Waals surface area contributed by atoms with Crippen molar-refractivity contribution in [2.45, 2.75) is 31.7 Å². The molecule has 1 aliphatic heterocycles. The van der Waals surface area contributed by atoms with Gasteiger partial charge in [-0.25, -0.2) is 4.98 Å². The van der Waals surface area contributed by atoms with Gasteiger partial charge in [0.2, 0.25) is 5.91 Å². The Morgan fingerprint density at radius 1 is 1.20 bits per heavy atom. The molecule has 186 valence electrons. The molecule has 0 spiro atoms. The number of hydrogen-bond acceptors (Lipinski definition) is 7. The van der Waals surface area contributed by atoms with E-state index in [0.29, 0.717) is 24.5 Å². The second kappa shape index (κ2) is 9.84. The molecule has 0 radical (unpaired) electrons. The van der Waals surface area contributed by atoms with Crippen LogP contribution in [-0.4, -0.2) is 49.5 Å². The number of benzene rings is 2. The van der Waals surface area contributed by atoms with Crippen molar-refractivity contribution in [3.8, 4) is 11.5 Å². The highest BCUT2D eigenvalue weighted by molar-refractivity contribution is 7.87. The second-order valence-electron chi connectivity index (χ2n) is 8.29. The number of aromatic nitrogens is 1. The van der Waals surface area contributed by atoms with Gasteiger partial charge in [0, 0.05) is 17.4 Å². The van der Waals surface area contributed by atoms with Gasteiger partial charge in [-0.05, 0) is 30.2 Å². The van der Waals surface area contributed by atoms with E-state index in [0.717, 1.165) is 28.2 Å². The molecule has 35 heavy (non-hydrogen) atoms. The third kappa shape index (κ3) is 5.42. The molecule has 3 aromatic rings. The van der Waals surface area contributed by atoms with Crippen LogP contribution < -0.4 is 14.2 Å². The molecule has 1 amide bonds. The minimum Gasteiger partial charge on any atom is -0.493 e. The van der Waals surface area contributed by atoms with Crippen LogP contribution in [0.2, 0.25) is 0 Å². The van der Waals surface area contributed by atoms with Gasteiger partial charge in [-0.3, -0.25) is 14.1 Å². The van der Waals surface area contributed by atoms with Crippen LogP contribution in [0, 0.1) is 0 Å². The Morgan fingerprint density at radius 3 is 2.54 bits per heavy atom. The molecule has 1 saturated heterocycles. The van der Waals surface area contributed by atoms with Crippen LogP contribution in [0.5, 0.6) is 11.5 Å². The Morgan fingerprint density at radius 2 is 1.94 bits per heavy atom. The maximum Gasteiger partial charge on any atom is 0.357 e. The Kier molecular flexibility index (Phi) is 7.02. The number of rotatable bonds is 10. The van der Waals surface area contributed by atoms with Gasteiger partial charge < -0.3 is 14.4 Å². The molecule has 2 aromatic carbocycles. The zero-order valence-corrected chi connectivity index (χ0v) is 21.3. The fraction of sp³-hybridized carbons (Fsp3) is 0.333. The molecule has 0 bridgehead atoms. The molecule has 0 saturated carbocycles. The zero-order chi connectivity index (χ0) is 25.2. The van der Waals surface area contributed by atoms with Crippen molar-refractivity contribution in [2.75, 3.05) is 25.5 Å². The summed E-state index contributed by atoms with van der Waals surface area (Å²) in [6.07, 6.45) is 1.49. The molecule has 1 unspecified atom stereocenters. The van der Waals surface area contributed by atoms with Crippen LogP contribution in [0.1, 0.15) is 28.8 Å². The van der Waals surface area contributed by atoms with Gasteiger partial charge in [0.25, 0.3) is 0 Å². The first-order chi connectivity index (χ1) is 16.7. The first kappa shape index (κ1) is 25.0. The van der Waals surface area contributed by atoms with Crippen LogP contribution in [0.15, 0.2) is 47.8 Å². The fourth-order valence-electron chi connectivity index (χ4n) is 4.17. The lowest BCUT2D eigenvalue weighted by Gasteiger charge is -2.17. The number of methoxy groups -OCH3 is 2. The fourth-order valence-corrected chi connectivity index (χ4v) is 5.71. The Hall–Kier alpha value is -3.15. The largest absolute Gasteiger partial charge is 0.493 e. The number of ether oxygens (including phenoxy) is 2. The van der Waals surface area contributed by atoms with Crippen molar-refractivity contribution >= 4 is 33.2 Å². The van der Waals surface area contributed by atoms with E-state index < -0.39 is 15.8 Å². The summed E-state index contributed by atoms with van der Waals surface area (Å²) in [5.74, 6) is 1.07. The Balaban J connectivity index is 1.59. The second-order valence-corrected chi connectivity index (χ2v) is 10.3. The maximum absolute atomic E-state index is 13.4. The predicted octanol–water partition coefficient (Wildman–Crippen LogP) is 3.46. The summed E-state index contributed by atoms with van der Waals surface area (Å²) < 4.78 is 44.0. The third-order valence-electron chi connectivity index (χ3n) is 5.97. The summed E-state index contributed by atoms with van der Waals surface area (Å²) in [6, 6.07) is 12.2. The molecule has 1 aliphatic rings. The van der Waals surface area contributed by atoms with Crippen LogP contribution in [-0.2, 0) is 39.9 Å². The number of hydrogen-bond donors (Lipinski definition) is 2. The maximum atomic E-state index is 13.4. The molecule has 11 heteroatoms. The summed E-state index contributed by atoms with van der Waals surface area (Å²) >= 11 is 1.54. The van der Waals surface area contributed by atoms with E-state index in [1.54, 1.807) is 55.9 Å². The lowest BCUT2D eigenvalue weighted by molar-refractivity contribution is -0.126. The first-order valence-corrected chi connectivity index (χ1v) is 13.3. The quantitative estimate of drug-likeness (QED) is 0.312. The van der Waals surface area contributed by atoms with Crippen LogP contribution in [0.4, 0.5) is 5.69 Å². The Bertz CT molecular complexity index is 1320. The summed E-state index contributed by atoms with van der Waals surface area (Å²) in [5, 5.41) is 2.89. The number of para-hydroxylation sites is 1. The van der Waals surface area contributed by atoms with Crippen molar-refractivity contribution in [1.82, 2.24) is 9.88 Å². The average molecular weight is 518 g/mol. The normalized spacial score (nSPS) is 17.2. The van der Waals surface area contributed by atoms with Gasteiger partial charge >= 0.3 is 10.3 Å². The molecule has 1 aromatic heterocycles. The van der Waals surface area contributed by atoms with Crippen LogP contribution in [0.3, 0.4) is 0 Å². The number of anilines is 1. The van der Waals surface area contributed by atoms with Gasteiger partial charge in [0.15, 0.2) is 11.5 Å². The van der Waals surface area contributed by atoms with E-state index in [1.807, 2.05) is 34.1 Å². The number of amides is 1. The van der Waals surface area contributed by atoms with Gasteiger partial charge in [0.1, 0.15) is 10.5 Å². The van der Waals surface area contributed by atoms with E-state index in [1.165, 1.54) is 0 Å². The van der Waals surface area contributed by atoms with Crippen molar-refractivity contribution < 1.29 is 27.2 Å². The van der Waals surface area contributed by atoms with E-state index in [4.69, 9.17) is 19.0 Å². The highest BCUT2D eigenvalue weighted by Crippen LogP contribution is 2.47. The van der Waals surface area contributed by atoms with Crippen molar-refractivity contribution in [3.63, 3.8) is 0 Å². The number of carbonyl (C=O) groups is 1. The van der Waals surface area contributed by atoms with Crippen molar-refractivity contribution in [2.24, 2.45) is 0 Å². The number of aryl methyl sites for hydroxylation is 1. The Labute approximate surface area is 208 Å². The number of nitrogens with zero attached hydrogens (tertiary/aromatic N) is 2. The SMILES string of the molecule is CCc1csc(C2(Cc3ccc(NS(=O)(=O)O)cc3)CN2C(=O)Cc2cccc(OC)c2OC)n1. The molecular weight excluding hydrogens is 490 g/mol. The number of carbonyl (C=O) groups excluding carboxylic acids is 1. The van der Waals surface area contributed by atoms with Crippen molar-refractivity contribution in [3.05, 3.63) is 69.7 Å². The number of thiazole rings is 1. The highest BCUT2D eigenvalue weighted by atomic mass is 32.2. The van der Waals surface area contributed by atoms with E-state index >= 15 is 0 Å². The van der Waals surface area contributed by atoms with E-state index in [-0.39, 0.29) is 18.0 Å². The molecular formula is C24H27N3O6S2. The monoisotopic (exact) mass is 517 g/mol. The van der Waals surface area contributed by atoms with Gasteiger partial charge in [0.05, 0.1) is 38.6 Å². The van der Waals surface area contributed by atoms with Crippen LogP contribution >= 0.6 is 11.3 Å². The van der Waals surface area contributed by atoms with Gasteiger partial charge in [-0.15, -0.1) is 11.3 Å². The van der Waals surface area contributed by atoms with Gasteiger partial charge in [-0.1, -0.05) is 31.2 Å². The molecule has 4 rings (SSSR count). The van der Waals surface area contributed by atoms with E-state index in [9.17, 15) is 13.2 Å². The average Bonchev–Trinajstić information content (AvgIpc) is 3.34. The molecule has 0 aliphatic carbocycles. The number of nitrogens with one attached hydrogen (secondary N) is 1. The molecule has 2 N–H and O–H groups in total. The molecule has 1 atom stereocenters. The predicted molar refractivity (Wildman–Crippen MR) is 133 cm³/mol. The molecule has 1 fully saturated rings. The summed E-state index contributed by atoms with van der Waals surface area (Å²) in [7, 11) is -1.24. The molecule has 2 heterocycles. The summed E-state index contributed by atoms with van der Waals surface area (Å²) in [4.78, 5) is 20.0. The smallest absolute Gasteiger partial charge is 0.357 e. The first-order valence-electron chi connectivity index (χ1n) is 11.0. The highest BCUT2D eigenvalue weighted by Gasteiger charge is 2.57. The summed E-state index contributed by atoms with van der Waals surface area (Å²) in [5.41, 5.74) is 2.31. The third-order valence-corrected chi connectivity index (χ3v) is 7.55. The molecule has 9 nitrogen and oxygen atoms in total. The van der Waals surface area contributed by atoms with E-state index in [2.05, 4.69) is 0 Å². The zero-order valence-electron chi connectivity index (χ0n) is 19.6. The minimum absolute atomic E-state index is 0.0468. The minimum atomic E-state index is -4.35. The topological polar surface area (TPSA) is 118 Å². The van der Waals surface area contributed by atoms with Crippen LogP contribution in [0.25, 0.3) is 0 Å². The lowest BCUT2D eigenvalue weighted by Crippen LogP contribution is -2.25. The lowest BCUT2D eigenvalue weighted by atomic mass is 9.99. The summed E-state index contributed by atoms with van der Waals surface area (Å²) in [6.45, 7) is 2.57. The standard InChI is InChI=1S/C24H27N3O6S2/c1-4-18-14-34-23(25-18)24(13-16-8-10-19(11-9-16)26-35(29,30)31)15-27(24)21(28)12-17-6-5-7-20(32-2)22(17)33-3/h5-11,14,26H,4,12-13,15H2,1-3H3,(H,29,30,31). The van der Waals surface area contributed by atoms with Crippen molar-refractivity contribution in [1.29, 1.82) is 0 Å². The van der Waals surface area contributed by atoms with Gasteiger partial charge in [-0.2, -0.15) is 8.42 Å².